The molecule has 1 amide bonds. The molecule has 0 radical (unpaired) electrons. The highest BCUT2D eigenvalue weighted by Gasteiger charge is 2.31. The lowest BCUT2D eigenvalue weighted by atomic mass is 10.1. The number of benzene rings is 2. The fourth-order valence-corrected chi connectivity index (χ4v) is 7.91. The number of sulfonamides is 1. The highest BCUT2D eigenvalue weighted by Crippen LogP contribution is 2.36. The molecule has 1 aromatic heterocycles. The molecular formula is C25H29ClN4O3S2. The van der Waals surface area contributed by atoms with Crippen LogP contribution in [0.25, 0.3) is 10.2 Å². The summed E-state index contributed by atoms with van der Waals surface area (Å²) < 4.78 is 28.7. The van der Waals surface area contributed by atoms with E-state index in [0.29, 0.717) is 43.3 Å². The van der Waals surface area contributed by atoms with Crippen molar-refractivity contribution >= 4 is 54.2 Å². The Balaban J connectivity index is 1.25. The van der Waals surface area contributed by atoms with Crippen molar-refractivity contribution < 1.29 is 13.2 Å². The van der Waals surface area contributed by atoms with Gasteiger partial charge in [-0.3, -0.25) is 4.79 Å². The third-order valence-electron chi connectivity index (χ3n) is 6.97. The first-order valence-corrected chi connectivity index (χ1v) is 14.6. The Kier molecular flexibility index (Phi) is 6.78. The summed E-state index contributed by atoms with van der Waals surface area (Å²) >= 11 is 7.95. The Hall–Kier alpha value is -2.20. The van der Waals surface area contributed by atoms with Crippen LogP contribution < -0.4 is 4.90 Å². The van der Waals surface area contributed by atoms with E-state index in [1.54, 1.807) is 39.9 Å². The van der Waals surface area contributed by atoms with Gasteiger partial charge in [0, 0.05) is 44.3 Å². The number of piperazine rings is 1. The van der Waals surface area contributed by atoms with Crippen LogP contribution in [-0.2, 0) is 10.0 Å². The molecule has 10 heteroatoms. The summed E-state index contributed by atoms with van der Waals surface area (Å²) in [5.74, 6) is -0.0804. The van der Waals surface area contributed by atoms with Gasteiger partial charge in [0.2, 0.25) is 10.0 Å². The van der Waals surface area contributed by atoms with Gasteiger partial charge in [-0.15, -0.1) is 0 Å². The van der Waals surface area contributed by atoms with E-state index < -0.39 is 10.0 Å². The topological polar surface area (TPSA) is 73.8 Å². The molecule has 0 aliphatic carbocycles. The van der Waals surface area contributed by atoms with Crippen LogP contribution >= 0.6 is 22.9 Å². The summed E-state index contributed by atoms with van der Waals surface area (Å²) in [6.07, 6.45) is 2.82. The van der Waals surface area contributed by atoms with Crippen molar-refractivity contribution in [2.24, 2.45) is 0 Å². The van der Waals surface area contributed by atoms with Crippen molar-refractivity contribution in [2.45, 2.75) is 44.0 Å². The zero-order valence-corrected chi connectivity index (χ0v) is 22.3. The summed E-state index contributed by atoms with van der Waals surface area (Å²) in [5, 5.41) is 1.63. The minimum atomic E-state index is -3.55. The zero-order valence-electron chi connectivity index (χ0n) is 19.9. The Morgan fingerprint density at radius 1 is 1.03 bits per heavy atom. The van der Waals surface area contributed by atoms with Gasteiger partial charge in [0.15, 0.2) is 5.13 Å². The van der Waals surface area contributed by atoms with Gasteiger partial charge >= 0.3 is 0 Å². The maximum Gasteiger partial charge on any atom is 0.253 e. The second-order valence-corrected chi connectivity index (χ2v) is 12.6. The maximum atomic E-state index is 13.1. The lowest BCUT2D eigenvalue weighted by Gasteiger charge is -2.34. The predicted molar refractivity (Wildman–Crippen MR) is 141 cm³/mol. The van der Waals surface area contributed by atoms with Crippen LogP contribution in [0.1, 0.15) is 42.1 Å². The van der Waals surface area contributed by atoms with Crippen molar-refractivity contribution in [1.82, 2.24) is 14.2 Å². The molecule has 2 aromatic carbocycles. The molecule has 5 rings (SSSR count). The van der Waals surface area contributed by atoms with Gasteiger partial charge in [-0.25, -0.2) is 13.4 Å². The summed E-state index contributed by atoms with van der Waals surface area (Å²) in [6.45, 7) is 7.05. The Morgan fingerprint density at radius 3 is 2.40 bits per heavy atom. The molecule has 2 aliphatic heterocycles. The number of amides is 1. The number of piperidine rings is 1. The molecule has 7 nitrogen and oxygen atoms in total. The predicted octanol–water partition coefficient (Wildman–Crippen LogP) is 4.78. The highest BCUT2D eigenvalue weighted by atomic mass is 35.5. The molecule has 0 saturated carbocycles. The summed E-state index contributed by atoms with van der Waals surface area (Å²) in [4.78, 5) is 22.2. The van der Waals surface area contributed by atoms with Crippen LogP contribution in [0.3, 0.4) is 0 Å². The molecule has 0 N–H and O–H groups in total. The number of aromatic nitrogens is 1. The highest BCUT2D eigenvalue weighted by molar-refractivity contribution is 7.89. The zero-order chi connectivity index (χ0) is 24.7. The van der Waals surface area contributed by atoms with E-state index in [1.165, 1.54) is 0 Å². The first-order chi connectivity index (χ1) is 16.8. The number of rotatable bonds is 4. The minimum absolute atomic E-state index is 0.00159. The summed E-state index contributed by atoms with van der Waals surface area (Å²) in [6, 6.07) is 10.3. The first-order valence-electron chi connectivity index (χ1n) is 12.0. The molecule has 35 heavy (non-hydrogen) atoms. The van der Waals surface area contributed by atoms with E-state index in [-0.39, 0.29) is 16.8 Å². The molecule has 3 heterocycles. The number of halogens is 1. The molecule has 0 bridgehead atoms. The quantitative estimate of drug-likeness (QED) is 0.483. The monoisotopic (exact) mass is 532 g/mol. The van der Waals surface area contributed by atoms with E-state index in [0.717, 1.165) is 40.2 Å². The number of fused-ring (bicyclic) bond motifs is 1. The van der Waals surface area contributed by atoms with Crippen LogP contribution in [0.4, 0.5) is 5.13 Å². The summed E-state index contributed by atoms with van der Waals surface area (Å²) in [7, 11) is -3.55. The maximum absolute atomic E-state index is 13.1. The number of carbonyl (C=O) groups is 1. The molecule has 1 unspecified atom stereocenters. The minimum Gasteiger partial charge on any atom is -0.345 e. The van der Waals surface area contributed by atoms with Crippen LogP contribution in [0.15, 0.2) is 41.3 Å². The van der Waals surface area contributed by atoms with Crippen LogP contribution in [0.2, 0.25) is 5.02 Å². The Bertz CT molecular complexity index is 1310. The van der Waals surface area contributed by atoms with Gasteiger partial charge in [-0.2, -0.15) is 4.31 Å². The smallest absolute Gasteiger partial charge is 0.253 e. The molecule has 186 valence electrons. The molecule has 1 atom stereocenters. The number of nitrogens with zero attached hydrogens (tertiary/aromatic N) is 4. The van der Waals surface area contributed by atoms with E-state index >= 15 is 0 Å². The second-order valence-electron chi connectivity index (χ2n) is 9.30. The fraction of sp³-hybridized carbons (Fsp3) is 0.440. The normalized spacial score (nSPS) is 19.9. The largest absolute Gasteiger partial charge is 0.345 e. The third kappa shape index (κ3) is 4.67. The van der Waals surface area contributed by atoms with Gasteiger partial charge in [-0.1, -0.05) is 35.4 Å². The average Bonchev–Trinajstić information content (AvgIpc) is 3.33. The SMILES string of the molecule is Cc1ccc(Cl)c2sc(N3CCN(C(=O)c4ccc(S(=O)(=O)N5CCCCC5C)cc4)CC3)nc12. The number of aryl methyl sites for hydroxylation is 1. The Morgan fingerprint density at radius 2 is 1.74 bits per heavy atom. The van der Waals surface area contributed by atoms with E-state index in [9.17, 15) is 13.2 Å². The number of anilines is 1. The van der Waals surface area contributed by atoms with Crippen LogP contribution in [0.5, 0.6) is 0 Å². The van der Waals surface area contributed by atoms with Gasteiger partial charge in [0.1, 0.15) is 0 Å². The third-order valence-corrected chi connectivity index (χ3v) is 10.6. The van der Waals surface area contributed by atoms with E-state index in [1.807, 2.05) is 30.9 Å². The Labute approximate surface area is 215 Å². The fourth-order valence-electron chi connectivity index (χ4n) is 4.84. The first kappa shape index (κ1) is 24.5. The molecule has 2 saturated heterocycles. The van der Waals surface area contributed by atoms with Gasteiger partial charge in [0.05, 0.1) is 20.1 Å². The second kappa shape index (κ2) is 9.69. The van der Waals surface area contributed by atoms with E-state index in [4.69, 9.17) is 16.6 Å². The van der Waals surface area contributed by atoms with Crippen molar-refractivity contribution in [2.75, 3.05) is 37.6 Å². The standard InChI is InChI=1S/C25H29ClN4O3S2/c1-17-6-11-21(26)23-22(17)27-25(34-23)29-15-13-28(14-16-29)24(31)19-7-9-20(10-8-19)35(32,33)30-12-4-3-5-18(30)2/h6-11,18H,3-5,12-16H2,1-2H3. The van der Waals surface area contributed by atoms with Gasteiger partial charge in [0.25, 0.3) is 5.91 Å². The van der Waals surface area contributed by atoms with Crippen molar-refractivity contribution in [3.8, 4) is 0 Å². The number of carbonyl (C=O) groups excluding carboxylic acids is 1. The van der Waals surface area contributed by atoms with Crippen LogP contribution in [-0.4, -0.2) is 67.3 Å². The molecule has 0 spiro atoms. The van der Waals surface area contributed by atoms with Crippen molar-refractivity contribution in [3.63, 3.8) is 0 Å². The summed E-state index contributed by atoms with van der Waals surface area (Å²) in [5.41, 5.74) is 2.54. The van der Waals surface area contributed by atoms with Gasteiger partial charge in [-0.05, 0) is 62.6 Å². The van der Waals surface area contributed by atoms with E-state index in [2.05, 4.69) is 4.90 Å². The van der Waals surface area contributed by atoms with Gasteiger partial charge < -0.3 is 9.80 Å². The molecule has 2 fully saturated rings. The molecular weight excluding hydrogens is 504 g/mol. The molecule has 3 aromatic rings. The van der Waals surface area contributed by atoms with Crippen molar-refractivity contribution in [3.05, 3.63) is 52.5 Å². The lowest BCUT2D eigenvalue weighted by Crippen LogP contribution is -2.48. The van der Waals surface area contributed by atoms with Crippen LogP contribution in [0, 0.1) is 6.92 Å². The number of hydrogen-bond donors (Lipinski definition) is 0. The average molecular weight is 533 g/mol. The molecule has 2 aliphatic rings. The number of thiazole rings is 1. The van der Waals surface area contributed by atoms with Crippen molar-refractivity contribution in [1.29, 1.82) is 0 Å². The number of hydrogen-bond acceptors (Lipinski definition) is 6. The lowest BCUT2D eigenvalue weighted by molar-refractivity contribution is 0.0746.